The summed E-state index contributed by atoms with van der Waals surface area (Å²) in [5.41, 5.74) is 1.03. The molecule has 0 saturated carbocycles. The Balaban J connectivity index is 2.77. The highest BCUT2D eigenvalue weighted by atomic mass is 16.5. The fraction of sp³-hybridized carbons (Fsp3) is 0.400. The fourth-order valence-corrected chi connectivity index (χ4v) is 1.60. The molecule has 4 nitrogen and oxygen atoms in total. The minimum atomic E-state index is 0.0191. The van der Waals surface area contributed by atoms with E-state index in [0.717, 1.165) is 5.56 Å². The van der Waals surface area contributed by atoms with Crippen LogP contribution in [0.4, 0.5) is 0 Å². The van der Waals surface area contributed by atoms with Crippen LogP contribution in [0.25, 0.3) is 0 Å². The first-order chi connectivity index (χ1) is 9.21. The summed E-state index contributed by atoms with van der Waals surface area (Å²) in [6.07, 6.45) is 6.28. The summed E-state index contributed by atoms with van der Waals surface area (Å²) in [6, 6.07) is 5.62. The second-order valence-corrected chi connectivity index (χ2v) is 3.88. The monoisotopic (exact) mass is 261 g/mol. The highest BCUT2D eigenvalue weighted by Gasteiger charge is 2.07. The maximum Gasteiger partial charge on any atom is 0.220 e. The van der Waals surface area contributed by atoms with Crippen molar-refractivity contribution in [3.8, 4) is 23.8 Å². The molecule has 1 aromatic rings. The first-order valence-corrected chi connectivity index (χ1v) is 6.23. The van der Waals surface area contributed by atoms with E-state index in [2.05, 4.69) is 11.2 Å². The Hall–Kier alpha value is -2.15. The van der Waals surface area contributed by atoms with Gasteiger partial charge >= 0.3 is 0 Å². The highest BCUT2D eigenvalue weighted by Crippen LogP contribution is 2.28. The quantitative estimate of drug-likeness (QED) is 0.761. The fourth-order valence-electron chi connectivity index (χ4n) is 1.60. The van der Waals surface area contributed by atoms with E-state index in [4.69, 9.17) is 15.9 Å². The summed E-state index contributed by atoms with van der Waals surface area (Å²) in [5, 5.41) is 2.60. The van der Waals surface area contributed by atoms with Crippen LogP contribution in [0, 0.1) is 12.3 Å². The minimum absolute atomic E-state index is 0.0191. The van der Waals surface area contributed by atoms with Crippen LogP contribution in [-0.2, 0) is 11.2 Å². The molecule has 0 aromatic heterocycles. The summed E-state index contributed by atoms with van der Waals surface area (Å²) in [6.45, 7) is 2.66. The van der Waals surface area contributed by atoms with Gasteiger partial charge < -0.3 is 14.8 Å². The molecule has 1 rings (SSSR count). The van der Waals surface area contributed by atoms with Crippen LogP contribution in [0.15, 0.2) is 18.2 Å². The molecule has 0 bridgehead atoms. The standard InChI is InChI=1S/C15H19NO3/c1-4-10-19-13-8-6-12(7-9-15(17)16-3)11-14(13)18-5-2/h1,6,8,11H,5,7,9-10H2,2-3H3,(H,16,17). The zero-order valence-corrected chi connectivity index (χ0v) is 11.4. The lowest BCUT2D eigenvalue weighted by atomic mass is 10.1. The summed E-state index contributed by atoms with van der Waals surface area (Å²) < 4.78 is 10.9. The summed E-state index contributed by atoms with van der Waals surface area (Å²) >= 11 is 0. The van der Waals surface area contributed by atoms with Crippen molar-refractivity contribution in [3.05, 3.63) is 23.8 Å². The Morgan fingerprint density at radius 1 is 1.37 bits per heavy atom. The Morgan fingerprint density at radius 2 is 2.16 bits per heavy atom. The third kappa shape index (κ3) is 4.92. The molecule has 0 atom stereocenters. The average molecular weight is 261 g/mol. The van der Waals surface area contributed by atoms with Gasteiger partial charge in [0.05, 0.1) is 6.61 Å². The van der Waals surface area contributed by atoms with E-state index in [1.807, 2.05) is 25.1 Å². The average Bonchev–Trinajstić information content (AvgIpc) is 2.44. The molecule has 0 unspecified atom stereocenters. The molecular weight excluding hydrogens is 242 g/mol. The molecule has 102 valence electrons. The number of ether oxygens (including phenoxy) is 2. The number of benzene rings is 1. The van der Waals surface area contributed by atoms with Crippen molar-refractivity contribution in [2.75, 3.05) is 20.3 Å². The summed E-state index contributed by atoms with van der Waals surface area (Å²) in [7, 11) is 1.63. The summed E-state index contributed by atoms with van der Waals surface area (Å²) in [4.78, 5) is 11.2. The smallest absolute Gasteiger partial charge is 0.220 e. The Bertz CT molecular complexity index is 463. The van der Waals surface area contributed by atoms with Crippen molar-refractivity contribution in [2.24, 2.45) is 0 Å². The molecule has 1 N–H and O–H groups in total. The topological polar surface area (TPSA) is 47.6 Å². The lowest BCUT2D eigenvalue weighted by molar-refractivity contribution is -0.120. The van der Waals surface area contributed by atoms with Crippen LogP contribution in [0.3, 0.4) is 0 Å². The number of carbonyl (C=O) groups excluding carboxylic acids is 1. The molecule has 0 aliphatic carbocycles. The van der Waals surface area contributed by atoms with E-state index < -0.39 is 0 Å². The number of nitrogens with one attached hydrogen (secondary N) is 1. The summed E-state index contributed by atoms with van der Waals surface area (Å²) in [5.74, 6) is 3.72. The van der Waals surface area contributed by atoms with E-state index in [0.29, 0.717) is 30.9 Å². The molecular formula is C15H19NO3. The Kier molecular flexibility index (Phi) is 6.31. The largest absolute Gasteiger partial charge is 0.490 e. The van der Waals surface area contributed by atoms with Crippen LogP contribution in [-0.4, -0.2) is 26.2 Å². The van der Waals surface area contributed by atoms with Gasteiger partial charge in [-0.2, -0.15) is 0 Å². The van der Waals surface area contributed by atoms with E-state index in [1.165, 1.54) is 0 Å². The number of aryl methyl sites for hydroxylation is 1. The van der Waals surface area contributed by atoms with Gasteiger partial charge in [0.15, 0.2) is 11.5 Å². The lowest BCUT2D eigenvalue weighted by Gasteiger charge is -2.12. The van der Waals surface area contributed by atoms with Gasteiger partial charge in [-0.1, -0.05) is 12.0 Å². The predicted octanol–water partition coefficient (Wildman–Crippen LogP) is 1.78. The Labute approximate surface area is 114 Å². The van der Waals surface area contributed by atoms with Crippen LogP contribution in [0.5, 0.6) is 11.5 Å². The molecule has 19 heavy (non-hydrogen) atoms. The molecule has 0 aliphatic rings. The third-order valence-corrected chi connectivity index (χ3v) is 2.54. The minimum Gasteiger partial charge on any atom is -0.490 e. The van der Waals surface area contributed by atoms with Crippen molar-refractivity contribution >= 4 is 5.91 Å². The van der Waals surface area contributed by atoms with Crippen LogP contribution >= 0.6 is 0 Å². The molecule has 1 aromatic carbocycles. The predicted molar refractivity (Wildman–Crippen MR) is 74.3 cm³/mol. The molecule has 0 heterocycles. The second kappa shape index (κ2) is 8.04. The maximum atomic E-state index is 11.2. The first kappa shape index (κ1) is 14.9. The van der Waals surface area contributed by atoms with Gasteiger partial charge in [0, 0.05) is 13.5 Å². The van der Waals surface area contributed by atoms with E-state index in [9.17, 15) is 4.79 Å². The van der Waals surface area contributed by atoms with Crippen molar-refractivity contribution in [3.63, 3.8) is 0 Å². The van der Waals surface area contributed by atoms with Gasteiger partial charge in [0.2, 0.25) is 5.91 Å². The molecule has 0 saturated heterocycles. The lowest BCUT2D eigenvalue weighted by Crippen LogP contribution is -2.17. The van der Waals surface area contributed by atoms with E-state index >= 15 is 0 Å². The molecule has 0 radical (unpaired) electrons. The van der Waals surface area contributed by atoms with Gasteiger partial charge in [-0.3, -0.25) is 4.79 Å². The number of amides is 1. The number of terminal acetylenes is 1. The van der Waals surface area contributed by atoms with E-state index in [1.54, 1.807) is 7.05 Å². The zero-order chi connectivity index (χ0) is 14.1. The van der Waals surface area contributed by atoms with Crippen LogP contribution in [0.2, 0.25) is 0 Å². The van der Waals surface area contributed by atoms with Gasteiger partial charge in [-0.15, -0.1) is 6.42 Å². The first-order valence-electron chi connectivity index (χ1n) is 6.23. The zero-order valence-electron chi connectivity index (χ0n) is 11.4. The molecule has 0 fully saturated rings. The van der Waals surface area contributed by atoms with Gasteiger partial charge in [0.25, 0.3) is 0 Å². The number of rotatable bonds is 7. The molecule has 0 spiro atoms. The van der Waals surface area contributed by atoms with Gasteiger partial charge in [0.1, 0.15) is 6.61 Å². The SMILES string of the molecule is C#CCOc1ccc(CCC(=O)NC)cc1OCC. The Morgan fingerprint density at radius 3 is 2.79 bits per heavy atom. The second-order valence-electron chi connectivity index (χ2n) is 3.88. The van der Waals surface area contributed by atoms with Crippen LogP contribution in [0.1, 0.15) is 18.9 Å². The number of carbonyl (C=O) groups is 1. The van der Waals surface area contributed by atoms with Gasteiger partial charge in [-0.05, 0) is 31.0 Å². The van der Waals surface area contributed by atoms with Crippen LogP contribution < -0.4 is 14.8 Å². The van der Waals surface area contributed by atoms with Crippen molar-refractivity contribution in [1.29, 1.82) is 0 Å². The highest BCUT2D eigenvalue weighted by molar-refractivity contribution is 5.75. The third-order valence-electron chi connectivity index (χ3n) is 2.54. The molecule has 4 heteroatoms. The van der Waals surface area contributed by atoms with Gasteiger partial charge in [-0.25, -0.2) is 0 Å². The molecule has 0 aliphatic heterocycles. The van der Waals surface area contributed by atoms with Crippen molar-refractivity contribution < 1.29 is 14.3 Å². The number of hydrogen-bond acceptors (Lipinski definition) is 3. The maximum absolute atomic E-state index is 11.2. The van der Waals surface area contributed by atoms with E-state index in [-0.39, 0.29) is 12.5 Å². The van der Waals surface area contributed by atoms with Crippen molar-refractivity contribution in [1.82, 2.24) is 5.32 Å². The normalized spacial score (nSPS) is 9.53. The number of hydrogen-bond donors (Lipinski definition) is 1. The molecule has 1 amide bonds. The van der Waals surface area contributed by atoms with Crippen molar-refractivity contribution in [2.45, 2.75) is 19.8 Å².